The van der Waals surface area contributed by atoms with Crippen LogP contribution in [0.5, 0.6) is 5.75 Å². The van der Waals surface area contributed by atoms with E-state index in [0.717, 1.165) is 41.8 Å². The van der Waals surface area contributed by atoms with Gasteiger partial charge in [0.1, 0.15) is 30.1 Å². The molecule has 0 aromatic heterocycles. The average Bonchev–Trinajstić information content (AvgIpc) is 3.31. The topological polar surface area (TPSA) is 58.6 Å². The Bertz CT molecular complexity index is 1250. The molecule has 0 saturated carbocycles. The summed E-state index contributed by atoms with van der Waals surface area (Å²) in [5.74, 6) is -0.243. The summed E-state index contributed by atoms with van der Waals surface area (Å²) < 4.78 is 20.2. The first-order chi connectivity index (χ1) is 16.1. The van der Waals surface area contributed by atoms with Crippen molar-refractivity contribution in [3.8, 4) is 5.75 Å². The van der Waals surface area contributed by atoms with Gasteiger partial charge in [-0.15, -0.1) is 0 Å². The van der Waals surface area contributed by atoms with Crippen LogP contribution in [0.15, 0.2) is 59.8 Å². The predicted molar refractivity (Wildman–Crippen MR) is 122 cm³/mol. The first kappa shape index (κ1) is 20.2. The van der Waals surface area contributed by atoms with Crippen molar-refractivity contribution < 1.29 is 18.7 Å². The number of allylic oxidation sites excluding steroid dienone is 2. The maximum atomic E-state index is 14.0. The van der Waals surface area contributed by atoms with Crippen molar-refractivity contribution in [1.82, 2.24) is 4.90 Å². The van der Waals surface area contributed by atoms with E-state index in [1.54, 1.807) is 17.0 Å². The molecule has 0 radical (unpaired) electrons. The molecule has 168 valence electrons. The number of anilines is 1. The Kier molecular flexibility index (Phi) is 4.64. The predicted octanol–water partition coefficient (Wildman–Crippen LogP) is 4.42. The molecule has 33 heavy (non-hydrogen) atoms. The van der Waals surface area contributed by atoms with E-state index in [1.165, 1.54) is 29.7 Å². The van der Waals surface area contributed by atoms with Gasteiger partial charge < -0.3 is 15.0 Å². The summed E-state index contributed by atoms with van der Waals surface area (Å²) in [4.78, 5) is 28.4. The molecule has 2 aromatic rings. The number of amides is 2. The van der Waals surface area contributed by atoms with E-state index in [2.05, 4.69) is 23.5 Å². The lowest BCUT2D eigenvalue weighted by Gasteiger charge is -2.26. The van der Waals surface area contributed by atoms with Crippen molar-refractivity contribution >= 4 is 17.5 Å². The molecular formula is C27H25FN2O3. The monoisotopic (exact) mass is 444 g/mol. The number of hydrogen-bond acceptors (Lipinski definition) is 3. The highest BCUT2D eigenvalue weighted by atomic mass is 19.1. The van der Waals surface area contributed by atoms with Gasteiger partial charge in [0.15, 0.2) is 0 Å². The van der Waals surface area contributed by atoms with E-state index in [-0.39, 0.29) is 24.7 Å². The minimum atomic E-state index is -0.875. The molecule has 2 amide bonds. The van der Waals surface area contributed by atoms with Crippen molar-refractivity contribution in [2.24, 2.45) is 0 Å². The second-order valence-corrected chi connectivity index (χ2v) is 9.24. The van der Waals surface area contributed by atoms with E-state index in [0.29, 0.717) is 12.8 Å². The number of benzene rings is 2. The highest BCUT2D eigenvalue weighted by Gasteiger charge is 2.58. The Morgan fingerprint density at radius 3 is 2.67 bits per heavy atom. The van der Waals surface area contributed by atoms with Gasteiger partial charge in [-0.2, -0.15) is 0 Å². The normalized spacial score (nSPS) is 22.8. The van der Waals surface area contributed by atoms with Crippen LogP contribution in [-0.2, 0) is 27.8 Å². The third-order valence-electron chi connectivity index (χ3n) is 7.40. The van der Waals surface area contributed by atoms with Crippen LogP contribution in [0.1, 0.15) is 42.4 Å². The number of halogens is 1. The number of fused-ring (bicyclic) bond motifs is 4. The molecular weight excluding hydrogens is 419 g/mol. The van der Waals surface area contributed by atoms with Crippen LogP contribution < -0.4 is 10.1 Å². The van der Waals surface area contributed by atoms with Crippen LogP contribution in [0.2, 0.25) is 0 Å². The first-order valence-electron chi connectivity index (χ1n) is 11.6. The average molecular weight is 445 g/mol. The summed E-state index contributed by atoms with van der Waals surface area (Å²) in [6, 6.07) is 10.3. The SMILES string of the molecule is O=C(CN1C(=O)C2(COc3cc4c(cc32)CCCC4)C2=C1CC=CC2)Nc1ccccc1F. The Morgan fingerprint density at radius 1 is 1.09 bits per heavy atom. The number of nitrogens with zero attached hydrogens (tertiary/aromatic N) is 1. The van der Waals surface area contributed by atoms with E-state index < -0.39 is 17.1 Å². The second kappa shape index (κ2) is 7.58. The molecule has 5 nitrogen and oxygen atoms in total. The molecule has 4 aliphatic rings. The third-order valence-corrected chi connectivity index (χ3v) is 7.40. The van der Waals surface area contributed by atoms with Crippen molar-refractivity contribution in [2.75, 3.05) is 18.5 Å². The van der Waals surface area contributed by atoms with Gasteiger partial charge in [0, 0.05) is 17.7 Å². The molecule has 1 spiro atoms. The number of rotatable bonds is 3. The fraction of sp³-hybridized carbons (Fsp3) is 0.333. The van der Waals surface area contributed by atoms with Crippen LogP contribution in [0, 0.1) is 5.82 Å². The lowest BCUT2D eigenvalue weighted by Crippen LogP contribution is -2.44. The van der Waals surface area contributed by atoms with E-state index >= 15 is 0 Å². The van der Waals surface area contributed by atoms with Gasteiger partial charge in [0.05, 0.1) is 5.69 Å². The smallest absolute Gasteiger partial charge is 0.245 e. The van der Waals surface area contributed by atoms with Crippen molar-refractivity contribution in [3.05, 3.63) is 82.3 Å². The standard InChI is InChI=1S/C27H25FN2O3/c28-21-10-4-5-11-22(21)29-25(31)15-30-23-12-6-3-9-19(23)27(26(30)32)16-33-24-14-18-8-2-1-7-17(18)13-20(24)27/h3-6,10-11,13-14H,1-2,7-9,12,15-16H2,(H,29,31). The molecule has 2 aliphatic carbocycles. The molecule has 6 heteroatoms. The molecule has 2 heterocycles. The molecule has 1 N–H and O–H groups in total. The lowest BCUT2D eigenvalue weighted by molar-refractivity contribution is -0.135. The molecule has 1 unspecified atom stereocenters. The summed E-state index contributed by atoms with van der Waals surface area (Å²) in [6.45, 7) is 0.115. The molecule has 6 rings (SSSR count). The summed E-state index contributed by atoms with van der Waals surface area (Å²) in [5, 5.41) is 2.61. The zero-order chi connectivity index (χ0) is 22.6. The van der Waals surface area contributed by atoms with Gasteiger partial charge in [0.2, 0.25) is 11.8 Å². The minimum absolute atomic E-state index is 0.114. The molecule has 2 aliphatic heterocycles. The fourth-order valence-corrected chi connectivity index (χ4v) is 5.78. The summed E-state index contributed by atoms with van der Waals surface area (Å²) in [7, 11) is 0. The molecule has 1 atom stereocenters. The second-order valence-electron chi connectivity index (χ2n) is 9.24. The number of ether oxygens (including phenoxy) is 1. The van der Waals surface area contributed by atoms with Gasteiger partial charge in [-0.1, -0.05) is 30.4 Å². The first-order valence-corrected chi connectivity index (χ1v) is 11.6. The van der Waals surface area contributed by atoms with Crippen LogP contribution in [-0.4, -0.2) is 29.9 Å². The summed E-state index contributed by atoms with van der Waals surface area (Å²) in [6.07, 6.45) is 9.79. The van der Waals surface area contributed by atoms with Crippen LogP contribution >= 0.6 is 0 Å². The van der Waals surface area contributed by atoms with E-state index in [9.17, 15) is 14.0 Å². The lowest BCUT2D eigenvalue weighted by atomic mass is 9.73. The largest absolute Gasteiger partial charge is 0.491 e. The molecule has 2 aromatic carbocycles. The minimum Gasteiger partial charge on any atom is -0.491 e. The van der Waals surface area contributed by atoms with Crippen LogP contribution in [0.3, 0.4) is 0 Å². The zero-order valence-corrected chi connectivity index (χ0v) is 18.3. The highest BCUT2D eigenvalue weighted by Crippen LogP contribution is 2.53. The molecule has 0 fully saturated rings. The van der Waals surface area contributed by atoms with Gasteiger partial charge in [0.25, 0.3) is 0 Å². The number of para-hydroxylation sites is 1. The van der Waals surface area contributed by atoms with Gasteiger partial charge >= 0.3 is 0 Å². The Hall–Kier alpha value is -3.41. The molecule has 0 bridgehead atoms. The fourth-order valence-electron chi connectivity index (χ4n) is 5.78. The van der Waals surface area contributed by atoms with Crippen molar-refractivity contribution in [1.29, 1.82) is 0 Å². The van der Waals surface area contributed by atoms with Crippen LogP contribution in [0.4, 0.5) is 10.1 Å². The van der Waals surface area contributed by atoms with Crippen molar-refractivity contribution in [2.45, 2.75) is 43.9 Å². The quantitative estimate of drug-likeness (QED) is 0.713. The number of aryl methyl sites for hydroxylation is 2. The van der Waals surface area contributed by atoms with Gasteiger partial charge in [-0.25, -0.2) is 4.39 Å². The Morgan fingerprint density at radius 2 is 1.85 bits per heavy atom. The molecule has 0 saturated heterocycles. The summed E-state index contributed by atoms with van der Waals surface area (Å²) >= 11 is 0. The maximum Gasteiger partial charge on any atom is 0.245 e. The Labute approximate surface area is 191 Å². The maximum absolute atomic E-state index is 14.0. The van der Waals surface area contributed by atoms with Crippen LogP contribution in [0.25, 0.3) is 0 Å². The summed E-state index contributed by atoms with van der Waals surface area (Å²) in [5.41, 5.74) is 4.71. The Balaban J connectivity index is 1.36. The number of hydrogen-bond donors (Lipinski definition) is 1. The number of carbonyl (C=O) groups excluding carboxylic acids is 2. The third kappa shape index (κ3) is 3.04. The number of carbonyl (C=O) groups is 2. The van der Waals surface area contributed by atoms with Crippen molar-refractivity contribution in [3.63, 3.8) is 0 Å². The number of nitrogens with one attached hydrogen (secondary N) is 1. The van der Waals surface area contributed by atoms with E-state index in [4.69, 9.17) is 4.74 Å². The highest BCUT2D eigenvalue weighted by molar-refractivity contribution is 6.02. The zero-order valence-electron chi connectivity index (χ0n) is 18.3. The van der Waals surface area contributed by atoms with E-state index in [1.807, 2.05) is 6.08 Å². The van der Waals surface area contributed by atoms with Gasteiger partial charge in [-0.05, 0) is 67.0 Å². The van der Waals surface area contributed by atoms with Gasteiger partial charge in [-0.3, -0.25) is 9.59 Å².